The van der Waals surface area contributed by atoms with Gasteiger partial charge >= 0.3 is 0 Å². The second-order valence-corrected chi connectivity index (χ2v) is 10.9. The standard InChI is InChI=1S/C30H28FNO5S/c1-22(24-11-6-3-7-12-24)32-19-27(21-35-20-23-9-4-2-5-10-23)37-29-14-8-13-28(30(29)38(32,33)34)36-26-17-15-25(31)16-18-26/h2-18,22,27H,19-21H2,1H3. The second kappa shape index (κ2) is 11.3. The number of benzene rings is 4. The summed E-state index contributed by atoms with van der Waals surface area (Å²) in [5.41, 5.74) is 1.86. The lowest BCUT2D eigenvalue weighted by Crippen LogP contribution is -2.40. The molecular formula is C30H28FNO5S. The molecule has 38 heavy (non-hydrogen) atoms. The van der Waals surface area contributed by atoms with Crippen LogP contribution in [0.5, 0.6) is 17.2 Å². The maximum atomic E-state index is 14.2. The van der Waals surface area contributed by atoms with Crippen LogP contribution in [0.4, 0.5) is 4.39 Å². The van der Waals surface area contributed by atoms with Crippen LogP contribution in [-0.2, 0) is 21.4 Å². The summed E-state index contributed by atoms with van der Waals surface area (Å²) >= 11 is 0. The Balaban J connectivity index is 1.50. The van der Waals surface area contributed by atoms with Gasteiger partial charge in [0.25, 0.3) is 10.0 Å². The van der Waals surface area contributed by atoms with E-state index in [-0.39, 0.29) is 29.5 Å². The van der Waals surface area contributed by atoms with Gasteiger partial charge in [0, 0.05) is 6.04 Å². The highest BCUT2D eigenvalue weighted by Crippen LogP contribution is 2.42. The van der Waals surface area contributed by atoms with E-state index in [1.165, 1.54) is 28.6 Å². The van der Waals surface area contributed by atoms with Gasteiger partial charge in [0.05, 0.1) is 19.8 Å². The van der Waals surface area contributed by atoms with Crippen molar-refractivity contribution in [3.8, 4) is 17.2 Å². The first-order valence-electron chi connectivity index (χ1n) is 12.3. The van der Waals surface area contributed by atoms with Crippen molar-refractivity contribution in [3.05, 3.63) is 120 Å². The lowest BCUT2D eigenvalue weighted by Gasteiger charge is -2.29. The lowest BCUT2D eigenvalue weighted by molar-refractivity contribution is 0.0313. The molecule has 0 N–H and O–H groups in total. The van der Waals surface area contributed by atoms with E-state index < -0.39 is 28.0 Å². The molecule has 1 aliphatic heterocycles. The Bertz CT molecular complexity index is 1460. The third-order valence-electron chi connectivity index (χ3n) is 6.36. The number of rotatable bonds is 8. The third kappa shape index (κ3) is 5.72. The average molecular weight is 534 g/mol. The van der Waals surface area contributed by atoms with Crippen LogP contribution in [0.1, 0.15) is 24.1 Å². The number of halogens is 1. The number of hydrogen-bond acceptors (Lipinski definition) is 5. The minimum absolute atomic E-state index is 0.0716. The molecule has 2 unspecified atom stereocenters. The maximum absolute atomic E-state index is 14.2. The highest BCUT2D eigenvalue weighted by Gasteiger charge is 2.40. The molecule has 0 aromatic heterocycles. The molecule has 0 radical (unpaired) electrons. The van der Waals surface area contributed by atoms with Crippen molar-refractivity contribution >= 4 is 10.0 Å². The third-order valence-corrected chi connectivity index (χ3v) is 8.36. The molecule has 0 saturated carbocycles. The van der Waals surface area contributed by atoms with E-state index in [2.05, 4.69) is 0 Å². The van der Waals surface area contributed by atoms with E-state index in [9.17, 15) is 12.8 Å². The molecule has 4 aromatic carbocycles. The molecule has 5 rings (SSSR count). The van der Waals surface area contributed by atoms with Gasteiger partial charge in [-0.3, -0.25) is 0 Å². The van der Waals surface area contributed by atoms with Crippen LogP contribution >= 0.6 is 0 Å². The summed E-state index contributed by atoms with van der Waals surface area (Å²) in [6, 6.07) is 29.0. The Labute approximate surface area is 222 Å². The number of hydrogen-bond donors (Lipinski definition) is 0. The lowest BCUT2D eigenvalue weighted by atomic mass is 10.1. The average Bonchev–Trinajstić information content (AvgIpc) is 3.04. The summed E-state index contributed by atoms with van der Waals surface area (Å²) in [6.45, 7) is 2.49. The van der Waals surface area contributed by atoms with Crippen molar-refractivity contribution in [1.29, 1.82) is 0 Å². The predicted octanol–water partition coefficient (Wildman–Crippen LogP) is 6.35. The normalized spacial score (nSPS) is 17.6. The fourth-order valence-corrected chi connectivity index (χ4v) is 6.29. The van der Waals surface area contributed by atoms with Gasteiger partial charge in [0.1, 0.15) is 23.4 Å². The number of fused-ring (bicyclic) bond motifs is 1. The largest absolute Gasteiger partial charge is 0.485 e. The van der Waals surface area contributed by atoms with E-state index in [0.29, 0.717) is 12.4 Å². The highest BCUT2D eigenvalue weighted by atomic mass is 32.2. The van der Waals surface area contributed by atoms with Gasteiger partial charge in [-0.25, -0.2) is 12.8 Å². The quantitative estimate of drug-likeness (QED) is 0.264. The Morgan fingerprint density at radius 3 is 2.32 bits per heavy atom. The van der Waals surface area contributed by atoms with E-state index in [1.807, 2.05) is 67.6 Å². The summed E-state index contributed by atoms with van der Waals surface area (Å²) < 4.78 is 61.5. The topological polar surface area (TPSA) is 65.1 Å². The van der Waals surface area contributed by atoms with Gasteiger partial charge in [0.2, 0.25) is 0 Å². The van der Waals surface area contributed by atoms with Crippen LogP contribution in [0, 0.1) is 5.82 Å². The molecule has 196 valence electrons. The number of sulfonamides is 1. The number of ether oxygens (including phenoxy) is 3. The van der Waals surface area contributed by atoms with Gasteiger partial charge in [-0.1, -0.05) is 66.7 Å². The minimum Gasteiger partial charge on any atom is -0.485 e. The first-order valence-corrected chi connectivity index (χ1v) is 13.8. The molecule has 0 saturated heterocycles. The zero-order valence-electron chi connectivity index (χ0n) is 20.9. The van der Waals surface area contributed by atoms with Crippen LogP contribution in [0.3, 0.4) is 0 Å². The molecule has 0 aliphatic carbocycles. The Morgan fingerprint density at radius 2 is 1.61 bits per heavy atom. The monoisotopic (exact) mass is 533 g/mol. The number of nitrogens with zero attached hydrogens (tertiary/aromatic N) is 1. The van der Waals surface area contributed by atoms with Crippen molar-refractivity contribution in [2.24, 2.45) is 0 Å². The summed E-state index contributed by atoms with van der Waals surface area (Å²) in [5, 5.41) is 0. The van der Waals surface area contributed by atoms with E-state index in [4.69, 9.17) is 14.2 Å². The molecule has 0 amide bonds. The SMILES string of the molecule is CC(c1ccccc1)N1CC(COCc2ccccc2)Oc2cccc(Oc3ccc(F)cc3)c2S1(=O)=O. The summed E-state index contributed by atoms with van der Waals surface area (Å²) in [6.07, 6.45) is -0.568. The molecule has 1 aliphatic rings. The van der Waals surface area contributed by atoms with Crippen molar-refractivity contribution in [2.75, 3.05) is 13.2 Å². The second-order valence-electron chi connectivity index (χ2n) is 9.04. The van der Waals surface area contributed by atoms with Crippen LogP contribution in [0.15, 0.2) is 108 Å². The first-order chi connectivity index (χ1) is 18.4. The van der Waals surface area contributed by atoms with Crippen molar-refractivity contribution in [2.45, 2.75) is 30.6 Å². The van der Waals surface area contributed by atoms with Crippen LogP contribution < -0.4 is 9.47 Å². The zero-order valence-corrected chi connectivity index (χ0v) is 21.7. The van der Waals surface area contributed by atoms with Gasteiger partial charge in [-0.05, 0) is 54.4 Å². The minimum atomic E-state index is -4.08. The molecule has 6 nitrogen and oxygen atoms in total. The summed E-state index contributed by atoms with van der Waals surface area (Å²) in [4.78, 5) is -0.0716. The van der Waals surface area contributed by atoms with E-state index in [0.717, 1.165) is 11.1 Å². The molecule has 2 atom stereocenters. The molecule has 0 bridgehead atoms. The zero-order chi connectivity index (χ0) is 26.5. The summed E-state index contributed by atoms with van der Waals surface area (Å²) in [7, 11) is -4.08. The Hall–Kier alpha value is -3.72. The van der Waals surface area contributed by atoms with E-state index >= 15 is 0 Å². The van der Waals surface area contributed by atoms with Gasteiger partial charge in [-0.2, -0.15) is 4.31 Å². The molecule has 4 aromatic rings. The fraction of sp³-hybridized carbons (Fsp3) is 0.200. The molecular weight excluding hydrogens is 505 g/mol. The first kappa shape index (κ1) is 25.9. The van der Waals surface area contributed by atoms with E-state index in [1.54, 1.807) is 18.2 Å². The molecule has 0 fully saturated rings. The predicted molar refractivity (Wildman–Crippen MR) is 142 cm³/mol. The van der Waals surface area contributed by atoms with Crippen molar-refractivity contribution < 1.29 is 27.0 Å². The van der Waals surface area contributed by atoms with Gasteiger partial charge in [-0.15, -0.1) is 0 Å². The van der Waals surface area contributed by atoms with Crippen molar-refractivity contribution in [1.82, 2.24) is 4.31 Å². The van der Waals surface area contributed by atoms with Gasteiger partial charge < -0.3 is 14.2 Å². The van der Waals surface area contributed by atoms with Crippen LogP contribution in [0.25, 0.3) is 0 Å². The van der Waals surface area contributed by atoms with Crippen LogP contribution in [0.2, 0.25) is 0 Å². The summed E-state index contributed by atoms with van der Waals surface area (Å²) in [5.74, 6) is 0.178. The smallest absolute Gasteiger partial charge is 0.251 e. The fourth-order valence-electron chi connectivity index (χ4n) is 4.42. The molecule has 0 spiro atoms. The van der Waals surface area contributed by atoms with Crippen LogP contribution in [-0.4, -0.2) is 32.0 Å². The molecule has 8 heteroatoms. The maximum Gasteiger partial charge on any atom is 0.251 e. The Morgan fingerprint density at radius 1 is 0.921 bits per heavy atom. The highest BCUT2D eigenvalue weighted by molar-refractivity contribution is 7.89. The van der Waals surface area contributed by atoms with Gasteiger partial charge in [0.15, 0.2) is 10.6 Å². The Kier molecular flexibility index (Phi) is 7.74. The molecule has 1 heterocycles. The van der Waals surface area contributed by atoms with Crippen molar-refractivity contribution in [3.63, 3.8) is 0 Å².